The number of carbonyl (C=O) groups is 1. The fourth-order valence-electron chi connectivity index (χ4n) is 3.10. The Bertz CT molecular complexity index is 727. The Morgan fingerprint density at radius 3 is 2.73 bits per heavy atom. The second-order valence-electron chi connectivity index (χ2n) is 5.99. The molecule has 1 atom stereocenters. The summed E-state index contributed by atoms with van der Waals surface area (Å²) in [4.78, 5) is 14.5. The van der Waals surface area contributed by atoms with E-state index in [0.29, 0.717) is 5.69 Å². The van der Waals surface area contributed by atoms with Crippen LogP contribution in [0, 0.1) is 5.82 Å². The summed E-state index contributed by atoms with van der Waals surface area (Å²) >= 11 is 0. The smallest absolute Gasteiger partial charge is 0.238 e. The van der Waals surface area contributed by atoms with Gasteiger partial charge in [0.25, 0.3) is 0 Å². The normalized spacial score (nSPS) is 17.2. The van der Waals surface area contributed by atoms with Gasteiger partial charge in [-0.1, -0.05) is 18.2 Å². The number of rotatable bonds is 5. The molecule has 5 nitrogen and oxygen atoms in total. The molecule has 1 fully saturated rings. The lowest BCUT2D eigenvalue weighted by atomic mass is 10.0. The zero-order chi connectivity index (χ0) is 17.6. The highest BCUT2D eigenvalue weighted by atomic mass is 35.5. The van der Waals surface area contributed by atoms with Crippen LogP contribution in [0.2, 0.25) is 0 Å². The van der Waals surface area contributed by atoms with Gasteiger partial charge in [0, 0.05) is 30.9 Å². The van der Waals surface area contributed by atoms with Crippen molar-refractivity contribution in [2.75, 3.05) is 38.6 Å². The molecule has 140 valence electrons. The first-order valence-corrected chi connectivity index (χ1v) is 8.30. The van der Waals surface area contributed by atoms with Crippen LogP contribution in [-0.2, 0) is 4.79 Å². The van der Waals surface area contributed by atoms with Crippen molar-refractivity contribution >= 4 is 24.0 Å². The van der Waals surface area contributed by atoms with Crippen molar-refractivity contribution in [1.29, 1.82) is 0 Å². The molecule has 0 aliphatic carbocycles. The summed E-state index contributed by atoms with van der Waals surface area (Å²) < 4.78 is 18.4. The third-order valence-electron chi connectivity index (χ3n) is 4.33. The van der Waals surface area contributed by atoms with Gasteiger partial charge in [0.15, 0.2) is 0 Å². The van der Waals surface area contributed by atoms with Crippen molar-refractivity contribution < 1.29 is 13.9 Å². The number of halogens is 2. The van der Waals surface area contributed by atoms with Crippen LogP contribution >= 0.6 is 12.4 Å². The van der Waals surface area contributed by atoms with Gasteiger partial charge in [0.05, 0.1) is 19.7 Å². The molecule has 26 heavy (non-hydrogen) atoms. The molecule has 0 bridgehead atoms. The Balaban J connectivity index is 0.00000243. The van der Waals surface area contributed by atoms with Crippen LogP contribution in [0.15, 0.2) is 48.5 Å². The lowest BCUT2D eigenvalue weighted by Gasteiger charge is -2.36. The molecule has 3 rings (SSSR count). The fourth-order valence-corrected chi connectivity index (χ4v) is 3.10. The number of nitrogens with zero attached hydrogens (tertiary/aromatic N) is 1. The van der Waals surface area contributed by atoms with Crippen molar-refractivity contribution in [3.05, 3.63) is 59.9 Å². The molecule has 7 heteroatoms. The summed E-state index contributed by atoms with van der Waals surface area (Å²) in [6, 6.07) is 13.7. The van der Waals surface area contributed by atoms with E-state index in [2.05, 4.69) is 15.5 Å². The van der Waals surface area contributed by atoms with Crippen molar-refractivity contribution in [3.63, 3.8) is 0 Å². The molecule has 0 spiro atoms. The van der Waals surface area contributed by atoms with Crippen molar-refractivity contribution in [2.24, 2.45) is 0 Å². The predicted octanol–water partition coefficient (Wildman–Crippen LogP) is 2.84. The van der Waals surface area contributed by atoms with E-state index in [0.717, 1.165) is 30.9 Å². The Hall–Kier alpha value is -2.15. The predicted molar refractivity (Wildman–Crippen MR) is 102 cm³/mol. The van der Waals surface area contributed by atoms with E-state index in [-0.39, 0.29) is 36.7 Å². The molecule has 2 aromatic carbocycles. The second-order valence-corrected chi connectivity index (χ2v) is 5.99. The highest BCUT2D eigenvalue weighted by Crippen LogP contribution is 2.29. The number of methoxy groups -OCH3 is 1. The number of benzene rings is 2. The van der Waals surface area contributed by atoms with Gasteiger partial charge in [-0.25, -0.2) is 4.39 Å². The SMILES string of the molecule is COc1ccccc1C1CNCCN1CC(=O)Nc1ccc(F)cc1.Cl. The van der Waals surface area contributed by atoms with Crippen molar-refractivity contribution in [2.45, 2.75) is 6.04 Å². The van der Waals surface area contributed by atoms with Gasteiger partial charge < -0.3 is 15.4 Å². The minimum Gasteiger partial charge on any atom is -0.496 e. The van der Waals surface area contributed by atoms with Crippen LogP contribution in [0.1, 0.15) is 11.6 Å². The molecule has 2 N–H and O–H groups in total. The number of hydrogen-bond acceptors (Lipinski definition) is 4. The van der Waals surface area contributed by atoms with E-state index in [4.69, 9.17) is 4.74 Å². The van der Waals surface area contributed by atoms with Crippen molar-refractivity contribution in [3.8, 4) is 5.75 Å². The molecule has 2 aromatic rings. The molecule has 0 saturated carbocycles. The molecular formula is C19H23ClFN3O2. The second kappa shape index (κ2) is 9.52. The zero-order valence-electron chi connectivity index (χ0n) is 14.6. The summed E-state index contributed by atoms with van der Waals surface area (Å²) in [6.45, 7) is 2.61. The van der Waals surface area contributed by atoms with Crippen LogP contribution < -0.4 is 15.4 Å². The Kier molecular flexibility index (Phi) is 7.38. The molecule has 1 unspecified atom stereocenters. The third kappa shape index (κ3) is 4.94. The summed E-state index contributed by atoms with van der Waals surface area (Å²) in [5, 5.41) is 6.19. The minimum atomic E-state index is -0.323. The molecule has 1 aliphatic heterocycles. The van der Waals surface area contributed by atoms with Gasteiger partial charge in [0.1, 0.15) is 11.6 Å². The maximum atomic E-state index is 13.0. The standard InChI is InChI=1S/C19H22FN3O2.ClH/c1-25-18-5-3-2-4-16(18)17-12-21-10-11-23(17)13-19(24)22-15-8-6-14(20)7-9-15;/h2-9,17,21H,10-13H2,1H3,(H,22,24);1H. The highest BCUT2D eigenvalue weighted by molar-refractivity contribution is 5.92. The molecule has 1 saturated heterocycles. The Morgan fingerprint density at radius 1 is 1.27 bits per heavy atom. The van der Waals surface area contributed by atoms with E-state index in [1.807, 2.05) is 24.3 Å². The van der Waals surface area contributed by atoms with Crippen LogP contribution in [-0.4, -0.2) is 44.1 Å². The maximum absolute atomic E-state index is 13.0. The molecule has 1 heterocycles. The maximum Gasteiger partial charge on any atom is 0.238 e. The molecule has 1 aliphatic rings. The molecule has 0 aromatic heterocycles. The quantitative estimate of drug-likeness (QED) is 0.838. The Labute approximate surface area is 158 Å². The lowest BCUT2D eigenvalue weighted by Crippen LogP contribution is -2.48. The molecular weight excluding hydrogens is 357 g/mol. The van der Waals surface area contributed by atoms with E-state index >= 15 is 0 Å². The number of ether oxygens (including phenoxy) is 1. The topological polar surface area (TPSA) is 53.6 Å². The van der Waals surface area contributed by atoms with Gasteiger partial charge in [-0.05, 0) is 30.3 Å². The van der Waals surface area contributed by atoms with Gasteiger partial charge in [0.2, 0.25) is 5.91 Å². The number of para-hydroxylation sites is 1. The molecule has 1 amide bonds. The van der Waals surface area contributed by atoms with Gasteiger partial charge in [-0.3, -0.25) is 9.69 Å². The third-order valence-corrected chi connectivity index (χ3v) is 4.33. The largest absolute Gasteiger partial charge is 0.496 e. The number of carbonyl (C=O) groups excluding carboxylic acids is 1. The summed E-state index contributed by atoms with van der Waals surface area (Å²) in [7, 11) is 1.65. The Morgan fingerprint density at radius 2 is 2.00 bits per heavy atom. The summed E-state index contributed by atoms with van der Waals surface area (Å²) in [5.74, 6) is 0.380. The number of anilines is 1. The average Bonchev–Trinajstić information content (AvgIpc) is 2.64. The van der Waals surface area contributed by atoms with E-state index in [9.17, 15) is 9.18 Å². The van der Waals surface area contributed by atoms with Crippen LogP contribution in [0.25, 0.3) is 0 Å². The number of hydrogen-bond donors (Lipinski definition) is 2. The summed E-state index contributed by atoms with van der Waals surface area (Å²) in [6.07, 6.45) is 0. The number of amides is 1. The summed E-state index contributed by atoms with van der Waals surface area (Å²) in [5.41, 5.74) is 1.65. The van der Waals surface area contributed by atoms with E-state index in [1.54, 1.807) is 19.2 Å². The van der Waals surface area contributed by atoms with Gasteiger partial charge in [-0.2, -0.15) is 0 Å². The first-order valence-electron chi connectivity index (χ1n) is 8.30. The first-order chi connectivity index (χ1) is 12.2. The average molecular weight is 380 g/mol. The number of piperazine rings is 1. The lowest BCUT2D eigenvalue weighted by molar-refractivity contribution is -0.118. The van der Waals surface area contributed by atoms with Gasteiger partial charge >= 0.3 is 0 Å². The molecule has 0 radical (unpaired) electrons. The fraction of sp³-hybridized carbons (Fsp3) is 0.316. The first kappa shape index (κ1) is 20.2. The van der Waals surface area contributed by atoms with E-state index in [1.165, 1.54) is 12.1 Å². The number of nitrogens with one attached hydrogen (secondary N) is 2. The van der Waals surface area contributed by atoms with E-state index < -0.39 is 0 Å². The zero-order valence-corrected chi connectivity index (χ0v) is 15.4. The van der Waals surface area contributed by atoms with Crippen molar-refractivity contribution in [1.82, 2.24) is 10.2 Å². The van der Waals surface area contributed by atoms with Gasteiger partial charge in [-0.15, -0.1) is 12.4 Å². The monoisotopic (exact) mass is 379 g/mol. The van der Waals surface area contributed by atoms with Crippen LogP contribution in [0.3, 0.4) is 0 Å². The highest BCUT2D eigenvalue weighted by Gasteiger charge is 2.27. The van der Waals surface area contributed by atoms with Crippen LogP contribution in [0.5, 0.6) is 5.75 Å². The minimum absolute atomic E-state index is 0. The van der Waals surface area contributed by atoms with Crippen LogP contribution in [0.4, 0.5) is 10.1 Å².